The standard InChI is InChI=1S/C14H19ClN2O3/c15-12-6-5-11(14(9-12)17(19)20)10-16(7-2-8-18)13-3-1-4-13/h5-6,9,13,18H,1-4,7-8,10H2. The topological polar surface area (TPSA) is 66.6 Å². The van der Waals surface area contributed by atoms with Crippen molar-refractivity contribution in [2.24, 2.45) is 0 Å². The number of nitrogens with zero attached hydrogens (tertiary/aromatic N) is 2. The first-order valence-corrected chi connectivity index (χ1v) is 7.27. The van der Waals surface area contributed by atoms with Crippen LogP contribution in [0.3, 0.4) is 0 Å². The van der Waals surface area contributed by atoms with E-state index in [4.69, 9.17) is 16.7 Å². The SMILES string of the molecule is O=[N+]([O-])c1cc(Cl)ccc1CN(CCCO)C1CCC1. The summed E-state index contributed by atoms with van der Waals surface area (Å²) < 4.78 is 0. The molecule has 110 valence electrons. The Morgan fingerprint density at radius 3 is 2.75 bits per heavy atom. The maximum absolute atomic E-state index is 11.1. The molecule has 2 rings (SSSR count). The Balaban J connectivity index is 2.14. The number of aliphatic hydroxyl groups is 1. The van der Waals surface area contributed by atoms with Crippen LogP contribution in [0.15, 0.2) is 18.2 Å². The summed E-state index contributed by atoms with van der Waals surface area (Å²) in [6, 6.07) is 5.30. The normalized spacial score (nSPS) is 15.3. The molecule has 0 spiro atoms. The first-order chi connectivity index (χ1) is 9.61. The lowest BCUT2D eigenvalue weighted by atomic mass is 9.91. The zero-order chi connectivity index (χ0) is 14.5. The Bertz CT molecular complexity index is 477. The summed E-state index contributed by atoms with van der Waals surface area (Å²) in [7, 11) is 0. The van der Waals surface area contributed by atoms with Crippen LogP contribution in [0.5, 0.6) is 0 Å². The predicted octanol–water partition coefficient (Wildman–Crippen LogP) is 2.99. The van der Waals surface area contributed by atoms with E-state index in [-0.39, 0.29) is 17.2 Å². The molecule has 1 aliphatic rings. The number of halogens is 1. The van der Waals surface area contributed by atoms with Gasteiger partial charge in [-0.15, -0.1) is 0 Å². The molecule has 0 unspecified atom stereocenters. The van der Waals surface area contributed by atoms with Gasteiger partial charge in [0.15, 0.2) is 0 Å². The van der Waals surface area contributed by atoms with Crippen molar-refractivity contribution in [1.29, 1.82) is 0 Å². The third kappa shape index (κ3) is 3.69. The molecule has 0 bridgehead atoms. The van der Waals surface area contributed by atoms with Crippen LogP contribution in [0.4, 0.5) is 5.69 Å². The Hall–Kier alpha value is -1.17. The third-order valence-electron chi connectivity index (χ3n) is 3.81. The maximum Gasteiger partial charge on any atom is 0.275 e. The first kappa shape index (κ1) is 15.2. The van der Waals surface area contributed by atoms with Gasteiger partial charge in [0, 0.05) is 42.4 Å². The van der Waals surface area contributed by atoms with Crippen LogP contribution >= 0.6 is 11.6 Å². The molecule has 1 fully saturated rings. The second-order valence-electron chi connectivity index (χ2n) is 5.16. The van der Waals surface area contributed by atoms with Crippen molar-refractivity contribution in [2.75, 3.05) is 13.2 Å². The Kier molecular flexibility index (Phi) is 5.34. The number of aliphatic hydroxyl groups excluding tert-OH is 1. The van der Waals surface area contributed by atoms with Gasteiger partial charge < -0.3 is 5.11 Å². The van der Waals surface area contributed by atoms with Crippen LogP contribution in [0.2, 0.25) is 5.02 Å². The molecule has 0 heterocycles. The number of nitro groups is 1. The zero-order valence-electron chi connectivity index (χ0n) is 11.3. The average molecular weight is 299 g/mol. The molecule has 0 saturated heterocycles. The fourth-order valence-corrected chi connectivity index (χ4v) is 2.64. The Labute approximate surface area is 123 Å². The largest absolute Gasteiger partial charge is 0.396 e. The van der Waals surface area contributed by atoms with Gasteiger partial charge in [-0.1, -0.05) is 18.0 Å². The van der Waals surface area contributed by atoms with Gasteiger partial charge in [-0.25, -0.2) is 0 Å². The first-order valence-electron chi connectivity index (χ1n) is 6.89. The van der Waals surface area contributed by atoms with Crippen LogP contribution in [0.25, 0.3) is 0 Å². The molecule has 20 heavy (non-hydrogen) atoms. The van der Waals surface area contributed by atoms with Crippen molar-refractivity contribution in [3.63, 3.8) is 0 Å². The highest BCUT2D eigenvalue weighted by Crippen LogP contribution is 2.29. The van der Waals surface area contributed by atoms with Crippen LogP contribution in [0, 0.1) is 10.1 Å². The van der Waals surface area contributed by atoms with E-state index in [2.05, 4.69) is 4.90 Å². The summed E-state index contributed by atoms with van der Waals surface area (Å²) in [5.74, 6) is 0. The number of nitro benzene ring substituents is 1. The molecular weight excluding hydrogens is 280 g/mol. The Morgan fingerprint density at radius 1 is 1.45 bits per heavy atom. The van der Waals surface area contributed by atoms with Crippen LogP contribution in [0.1, 0.15) is 31.2 Å². The van der Waals surface area contributed by atoms with Gasteiger partial charge in [0.1, 0.15) is 0 Å². The smallest absolute Gasteiger partial charge is 0.275 e. The molecule has 1 saturated carbocycles. The van der Waals surface area contributed by atoms with Crippen molar-refractivity contribution >= 4 is 17.3 Å². The van der Waals surface area contributed by atoms with E-state index in [9.17, 15) is 10.1 Å². The Morgan fingerprint density at radius 2 is 2.20 bits per heavy atom. The van der Waals surface area contributed by atoms with E-state index in [1.807, 2.05) is 0 Å². The molecule has 0 aliphatic heterocycles. The van der Waals surface area contributed by atoms with Gasteiger partial charge in [-0.2, -0.15) is 0 Å². The van der Waals surface area contributed by atoms with Crippen LogP contribution in [-0.4, -0.2) is 34.1 Å². The average Bonchev–Trinajstić information content (AvgIpc) is 2.35. The fraction of sp³-hybridized carbons (Fsp3) is 0.571. The van der Waals surface area contributed by atoms with E-state index in [0.717, 1.165) is 19.4 Å². The molecule has 1 aromatic carbocycles. The van der Waals surface area contributed by atoms with Crippen molar-refractivity contribution in [3.05, 3.63) is 38.9 Å². The van der Waals surface area contributed by atoms with E-state index < -0.39 is 0 Å². The van der Waals surface area contributed by atoms with Crippen LogP contribution in [-0.2, 0) is 6.54 Å². The summed E-state index contributed by atoms with van der Waals surface area (Å²) in [4.78, 5) is 13.0. The molecule has 5 nitrogen and oxygen atoms in total. The fourth-order valence-electron chi connectivity index (χ4n) is 2.48. The van der Waals surface area contributed by atoms with Crippen molar-refractivity contribution in [1.82, 2.24) is 4.90 Å². The van der Waals surface area contributed by atoms with Gasteiger partial charge in [0.2, 0.25) is 0 Å². The summed E-state index contributed by atoms with van der Waals surface area (Å²) >= 11 is 5.83. The lowest BCUT2D eigenvalue weighted by molar-refractivity contribution is -0.385. The molecular formula is C14H19ClN2O3. The van der Waals surface area contributed by atoms with Gasteiger partial charge in [-0.3, -0.25) is 15.0 Å². The lowest BCUT2D eigenvalue weighted by Gasteiger charge is -2.37. The summed E-state index contributed by atoms with van der Waals surface area (Å²) in [5.41, 5.74) is 0.759. The van der Waals surface area contributed by atoms with Gasteiger partial charge >= 0.3 is 0 Å². The van der Waals surface area contributed by atoms with E-state index in [0.29, 0.717) is 29.6 Å². The van der Waals surface area contributed by atoms with Gasteiger partial charge in [0.25, 0.3) is 5.69 Å². The quantitative estimate of drug-likeness (QED) is 0.621. The second-order valence-corrected chi connectivity index (χ2v) is 5.60. The number of benzene rings is 1. The second kappa shape index (κ2) is 7.02. The van der Waals surface area contributed by atoms with Gasteiger partial charge in [-0.05, 0) is 31.4 Å². The summed E-state index contributed by atoms with van der Waals surface area (Å²) in [6.45, 7) is 1.45. The highest BCUT2D eigenvalue weighted by Gasteiger charge is 2.26. The minimum absolute atomic E-state index is 0.0748. The van der Waals surface area contributed by atoms with Gasteiger partial charge in [0.05, 0.1) is 4.92 Å². The van der Waals surface area contributed by atoms with Crippen molar-refractivity contribution in [2.45, 2.75) is 38.3 Å². The van der Waals surface area contributed by atoms with E-state index >= 15 is 0 Å². The molecule has 1 aromatic rings. The molecule has 6 heteroatoms. The summed E-state index contributed by atoms with van der Waals surface area (Å²) in [5, 5.41) is 20.5. The van der Waals surface area contributed by atoms with Crippen LogP contribution < -0.4 is 0 Å². The monoisotopic (exact) mass is 298 g/mol. The molecule has 0 amide bonds. The predicted molar refractivity (Wildman–Crippen MR) is 77.9 cm³/mol. The minimum Gasteiger partial charge on any atom is -0.396 e. The third-order valence-corrected chi connectivity index (χ3v) is 4.05. The molecule has 1 N–H and O–H groups in total. The maximum atomic E-state index is 11.1. The highest BCUT2D eigenvalue weighted by molar-refractivity contribution is 6.30. The lowest BCUT2D eigenvalue weighted by Crippen LogP contribution is -2.40. The van der Waals surface area contributed by atoms with E-state index in [1.54, 1.807) is 12.1 Å². The zero-order valence-corrected chi connectivity index (χ0v) is 12.1. The van der Waals surface area contributed by atoms with Crippen molar-refractivity contribution in [3.8, 4) is 0 Å². The minimum atomic E-state index is -0.383. The number of hydrogen-bond donors (Lipinski definition) is 1. The highest BCUT2D eigenvalue weighted by atomic mass is 35.5. The molecule has 0 aromatic heterocycles. The number of hydrogen-bond acceptors (Lipinski definition) is 4. The summed E-state index contributed by atoms with van der Waals surface area (Å²) in [6.07, 6.45) is 4.17. The molecule has 1 aliphatic carbocycles. The molecule has 0 atom stereocenters. The van der Waals surface area contributed by atoms with E-state index in [1.165, 1.54) is 12.5 Å². The molecule has 0 radical (unpaired) electrons. The van der Waals surface area contributed by atoms with Crippen molar-refractivity contribution < 1.29 is 10.0 Å². The number of rotatable bonds is 7.